The van der Waals surface area contributed by atoms with Crippen molar-refractivity contribution in [3.8, 4) is 6.07 Å². The van der Waals surface area contributed by atoms with Gasteiger partial charge in [0.25, 0.3) is 0 Å². The minimum Gasteiger partial charge on any atom is -0.363 e. The van der Waals surface area contributed by atoms with Gasteiger partial charge >= 0.3 is 0 Å². The van der Waals surface area contributed by atoms with Crippen LogP contribution in [0.4, 0.5) is 5.69 Å². The van der Waals surface area contributed by atoms with Crippen LogP contribution in [0.25, 0.3) is 0 Å². The Labute approximate surface area is 109 Å². The van der Waals surface area contributed by atoms with Gasteiger partial charge in [-0.05, 0) is 52.0 Å². The zero-order chi connectivity index (χ0) is 13.4. The first-order valence-electron chi connectivity index (χ1n) is 6.37. The molecule has 0 unspecified atom stereocenters. The SMILES string of the molecule is CC1(C)CN(c2ccc(C#N)cc2)C(C)(C)CN1. The van der Waals surface area contributed by atoms with E-state index in [0.29, 0.717) is 5.56 Å². The lowest BCUT2D eigenvalue weighted by molar-refractivity contribution is 0.261. The number of benzene rings is 1. The van der Waals surface area contributed by atoms with E-state index in [1.54, 1.807) is 0 Å². The average molecular weight is 243 g/mol. The van der Waals surface area contributed by atoms with Crippen molar-refractivity contribution >= 4 is 5.69 Å². The van der Waals surface area contributed by atoms with Gasteiger partial charge in [-0.2, -0.15) is 5.26 Å². The Hall–Kier alpha value is -1.53. The van der Waals surface area contributed by atoms with E-state index < -0.39 is 0 Å². The molecule has 18 heavy (non-hydrogen) atoms. The predicted octanol–water partition coefficient (Wildman–Crippen LogP) is 2.53. The van der Waals surface area contributed by atoms with Gasteiger partial charge in [0.2, 0.25) is 0 Å². The Morgan fingerprint density at radius 3 is 2.33 bits per heavy atom. The molecule has 1 saturated heterocycles. The summed E-state index contributed by atoms with van der Waals surface area (Å²) in [7, 11) is 0. The van der Waals surface area contributed by atoms with Gasteiger partial charge in [0.15, 0.2) is 0 Å². The zero-order valence-electron chi connectivity index (χ0n) is 11.6. The van der Waals surface area contributed by atoms with Crippen molar-refractivity contribution in [2.45, 2.75) is 38.8 Å². The molecule has 1 fully saturated rings. The summed E-state index contributed by atoms with van der Waals surface area (Å²) < 4.78 is 0. The molecule has 1 aliphatic rings. The number of anilines is 1. The van der Waals surface area contributed by atoms with Gasteiger partial charge in [-0.3, -0.25) is 0 Å². The maximum Gasteiger partial charge on any atom is 0.0991 e. The summed E-state index contributed by atoms with van der Waals surface area (Å²) >= 11 is 0. The number of hydrogen-bond donors (Lipinski definition) is 1. The molecule has 0 radical (unpaired) electrons. The van der Waals surface area contributed by atoms with E-state index in [0.717, 1.165) is 13.1 Å². The summed E-state index contributed by atoms with van der Waals surface area (Å²) in [4.78, 5) is 2.42. The second kappa shape index (κ2) is 4.29. The monoisotopic (exact) mass is 243 g/mol. The summed E-state index contributed by atoms with van der Waals surface area (Å²) in [5.74, 6) is 0. The van der Waals surface area contributed by atoms with Crippen LogP contribution in [0.2, 0.25) is 0 Å². The summed E-state index contributed by atoms with van der Waals surface area (Å²) in [6.45, 7) is 10.9. The van der Waals surface area contributed by atoms with Crippen LogP contribution in [0, 0.1) is 11.3 Å². The van der Waals surface area contributed by atoms with Crippen LogP contribution in [0.5, 0.6) is 0 Å². The number of rotatable bonds is 1. The molecule has 1 aliphatic heterocycles. The van der Waals surface area contributed by atoms with Gasteiger partial charge in [-0.15, -0.1) is 0 Å². The normalized spacial score (nSPS) is 21.4. The molecule has 1 heterocycles. The number of nitrogens with zero attached hydrogens (tertiary/aromatic N) is 2. The predicted molar refractivity (Wildman–Crippen MR) is 74.7 cm³/mol. The van der Waals surface area contributed by atoms with Gasteiger partial charge in [-0.1, -0.05) is 0 Å². The van der Waals surface area contributed by atoms with Crippen molar-refractivity contribution in [3.05, 3.63) is 29.8 Å². The molecular weight excluding hydrogens is 222 g/mol. The third kappa shape index (κ3) is 2.49. The van der Waals surface area contributed by atoms with Crippen molar-refractivity contribution in [2.75, 3.05) is 18.0 Å². The molecule has 96 valence electrons. The Bertz CT molecular complexity index is 466. The topological polar surface area (TPSA) is 39.1 Å². The van der Waals surface area contributed by atoms with Crippen LogP contribution < -0.4 is 10.2 Å². The number of piperazine rings is 1. The quantitative estimate of drug-likeness (QED) is 0.823. The molecule has 3 heteroatoms. The molecule has 3 nitrogen and oxygen atoms in total. The number of hydrogen-bond acceptors (Lipinski definition) is 3. The zero-order valence-corrected chi connectivity index (χ0v) is 11.6. The summed E-state index contributed by atoms with van der Waals surface area (Å²) in [5, 5.41) is 12.4. The summed E-state index contributed by atoms with van der Waals surface area (Å²) in [5.41, 5.74) is 2.10. The Morgan fingerprint density at radius 2 is 1.78 bits per heavy atom. The van der Waals surface area contributed by atoms with Crippen LogP contribution in [0.15, 0.2) is 24.3 Å². The lowest BCUT2D eigenvalue weighted by Gasteiger charge is -2.51. The third-order valence-corrected chi connectivity index (χ3v) is 3.59. The molecule has 0 bridgehead atoms. The van der Waals surface area contributed by atoms with Crippen LogP contribution in [-0.2, 0) is 0 Å². The van der Waals surface area contributed by atoms with Gasteiger partial charge < -0.3 is 10.2 Å². The highest BCUT2D eigenvalue weighted by atomic mass is 15.3. The van der Waals surface area contributed by atoms with E-state index in [1.165, 1.54) is 5.69 Å². The van der Waals surface area contributed by atoms with Gasteiger partial charge in [-0.25, -0.2) is 0 Å². The Morgan fingerprint density at radius 1 is 1.17 bits per heavy atom. The van der Waals surface area contributed by atoms with Crippen molar-refractivity contribution in [2.24, 2.45) is 0 Å². The molecule has 0 atom stereocenters. The second-order valence-electron chi connectivity index (χ2n) is 6.29. The van der Waals surface area contributed by atoms with Gasteiger partial charge in [0.05, 0.1) is 11.6 Å². The smallest absolute Gasteiger partial charge is 0.0991 e. The van der Waals surface area contributed by atoms with E-state index in [2.05, 4.69) is 44.0 Å². The molecule has 1 N–H and O–H groups in total. The van der Waals surface area contributed by atoms with Crippen molar-refractivity contribution in [3.63, 3.8) is 0 Å². The Kier molecular flexibility index (Phi) is 3.08. The van der Waals surface area contributed by atoms with Crippen molar-refractivity contribution in [1.82, 2.24) is 5.32 Å². The summed E-state index contributed by atoms with van der Waals surface area (Å²) in [6.07, 6.45) is 0. The maximum atomic E-state index is 8.85. The van der Waals surface area contributed by atoms with Gasteiger partial charge in [0, 0.05) is 29.9 Å². The van der Waals surface area contributed by atoms with E-state index in [1.807, 2.05) is 24.3 Å². The molecule has 0 aliphatic carbocycles. The molecule has 0 saturated carbocycles. The molecule has 2 rings (SSSR count). The lowest BCUT2D eigenvalue weighted by Crippen LogP contribution is -2.66. The average Bonchev–Trinajstić information content (AvgIpc) is 2.33. The lowest BCUT2D eigenvalue weighted by atomic mass is 9.90. The van der Waals surface area contributed by atoms with Crippen LogP contribution >= 0.6 is 0 Å². The van der Waals surface area contributed by atoms with E-state index in [9.17, 15) is 0 Å². The fourth-order valence-electron chi connectivity index (χ4n) is 2.37. The van der Waals surface area contributed by atoms with E-state index in [-0.39, 0.29) is 11.1 Å². The van der Waals surface area contributed by atoms with Crippen LogP contribution in [0.3, 0.4) is 0 Å². The van der Waals surface area contributed by atoms with Crippen LogP contribution in [-0.4, -0.2) is 24.2 Å². The molecule has 0 aromatic heterocycles. The van der Waals surface area contributed by atoms with E-state index in [4.69, 9.17) is 5.26 Å². The van der Waals surface area contributed by atoms with Crippen molar-refractivity contribution in [1.29, 1.82) is 5.26 Å². The maximum absolute atomic E-state index is 8.85. The first kappa shape index (κ1) is 12.9. The highest BCUT2D eigenvalue weighted by Gasteiger charge is 2.37. The summed E-state index contributed by atoms with van der Waals surface area (Å²) in [6, 6.07) is 10.0. The van der Waals surface area contributed by atoms with E-state index >= 15 is 0 Å². The highest BCUT2D eigenvalue weighted by Crippen LogP contribution is 2.29. The van der Waals surface area contributed by atoms with Gasteiger partial charge in [0.1, 0.15) is 0 Å². The molecule has 0 spiro atoms. The molecule has 1 aromatic carbocycles. The minimum absolute atomic E-state index is 0.0870. The number of nitrogens with one attached hydrogen (secondary N) is 1. The Balaban J connectivity index is 2.31. The van der Waals surface area contributed by atoms with Crippen molar-refractivity contribution < 1.29 is 0 Å². The third-order valence-electron chi connectivity index (χ3n) is 3.59. The fraction of sp³-hybridized carbons (Fsp3) is 0.533. The first-order valence-corrected chi connectivity index (χ1v) is 6.37. The molecular formula is C15H21N3. The number of nitriles is 1. The highest BCUT2D eigenvalue weighted by molar-refractivity contribution is 5.52. The minimum atomic E-state index is 0.0870. The molecule has 1 aromatic rings. The fourth-order valence-corrected chi connectivity index (χ4v) is 2.37. The largest absolute Gasteiger partial charge is 0.363 e. The first-order chi connectivity index (χ1) is 8.34. The molecule has 0 amide bonds. The van der Waals surface area contributed by atoms with Crippen LogP contribution in [0.1, 0.15) is 33.3 Å². The standard InChI is InChI=1S/C15H21N3/c1-14(2)11-18(15(3,4)10-17-14)13-7-5-12(9-16)6-8-13/h5-8,17H,10-11H2,1-4H3. The second-order valence-corrected chi connectivity index (χ2v) is 6.29.